The van der Waals surface area contributed by atoms with E-state index in [2.05, 4.69) is 33.1 Å². The summed E-state index contributed by atoms with van der Waals surface area (Å²) in [5.74, 6) is 0.794. The minimum atomic E-state index is 0.794. The van der Waals surface area contributed by atoms with Crippen LogP contribution in [0, 0.1) is 0 Å². The van der Waals surface area contributed by atoms with Crippen molar-refractivity contribution >= 4 is 38.8 Å². The summed E-state index contributed by atoms with van der Waals surface area (Å²) >= 11 is 1.55. The number of hydrogen-bond acceptors (Lipinski definition) is 4. The number of H-pyrrole nitrogens is 1. The highest BCUT2D eigenvalue weighted by Gasteiger charge is 2.08. The zero-order chi connectivity index (χ0) is 12.5. The Morgan fingerprint density at radius 3 is 3.06 bits per heavy atom. The van der Waals surface area contributed by atoms with Crippen molar-refractivity contribution in [3.63, 3.8) is 0 Å². The molecule has 2 aromatic heterocycles. The SMILES string of the molecule is C=C(C)c1ccc2[nH]nc(Nc3nccs3)c2c1. The van der Waals surface area contributed by atoms with Crippen molar-refractivity contribution in [3.8, 4) is 0 Å². The Morgan fingerprint density at radius 2 is 2.33 bits per heavy atom. The van der Waals surface area contributed by atoms with Crippen LogP contribution < -0.4 is 5.32 Å². The molecule has 0 saturated carbocycles. The van der Waals surface area contributed by atoms with Crippen molar-refractivity contribution < 1.29 is 0 Å². The average Bonchev–Trinajstić information content (AvgIpc) is 2.99. The molecule has 4 nitrogen and oxygen atoms in total. The van der Waals surface area contributed by atoms with Crippen molar-refractivity contribution in [2.45, 2.75) is 6.92 Å². The van der Waals surface area contributed by atoms with Gasteiger partial charge in [0.1, 0.15) is 0 Å². The van der Waals surface area contributed by atoms with E-state index in [4.69, 9.17) is 0 Å². The quantitative estimate of drug-likeness (QED) is 0.749. The van der Waals surface area contributed by atoms with E-state index in [9.17, 15) is 0 Å². The molecule has 2 N–H and O–H groups in total. The third-order valence-electron chi connectivity index (χ3n) is 2.71. The lowest BCUT2D eigenvalue weighted by molar-refractivity contribution is 1.12. The normalized spacial score (nSPS) is 10.7. The fourth-order valence-electron chi connectivity index (χ4n) is 1.76. The predicted octanol–water partition coefficient (Wildman–Crippen LogP) is 3.80. The first kappa shape index (κ1) is 11.0. The molecule has 18 heavy (non-hydrogen) atoms. The van der Waals surface area contributed by atoms with Gasteiger partial charge in [-0.2, -0.15) is 5.10 Å². The van der Waals surface area contributed by atoms with E-state index in [0.29, 0.717) is 0 Å². The molecule has 0 spiro atoms. The average molecular weight is 256 g/mol. The molecule has 3 aromatic rings. The molecule has 0 amide bonds. The van der Waals surface area contributed by atoms with Gasteiger partial charge >= 0.3 is 0 Å². The Kier molecular flexibility index (Phi) is 2.60. The van der Waals surface area contributed by atoms with Crippen LogP contribution in [0.25, 0.3) is 16.5 Å². The standard InChI is InChI=1S/C13H12N4S/c1-8(2)9-3-4-11-10(7-9)12(17-16-11)15-13-14-5-6-18-13/h3-7H,1H2,2H3,(H2,14,15,16,17). The molecule has 0 aliphatic heterocycles. The second-order valence-electron chi connectivity index (χ2n) is 4.08. The van der Waals surface area contributed by atoms with Gasteiger partial charge in [0.15, 0.2) is 10.9 Å². The first-order valence-corrected chi connectivity index (χ1v) is 6.42. The van der Waals surface area contributed by atoms with Crippen LogP contribution in [-0.4, -0.2) is 15.2 Å². The molecule has 0 aliphatic carbocycles. The van der Waals surface area contributed by atoms with E-state index in [-0.39, 0.29) is 0 Å². The van der Waals surface area contributed by atoms with E-state index in [1.165, 1.54) is 0 Å². The molecule has 1 aromatic carbocycles. The third kappa shape index (κ3) is 1.89. The second kappa shape index (κ2) is 4.27. The number of allylic oxidation sites excluding steroid dienone is 1. The van der Waals surface area contributed by atoms with Crippen LogP contribution in [0.4, 0.5) is 10.9 Å². The smallest absolute Gasteiger partial charge is 0.188 e. The van der Waals surface area contributed by atoms with Gasteiger partial charge in [0.25, 0.3) is 0 Å². The number of anilines is 2. The van der Waals surface area contributed by atoms with Gasteiger partial charge in [-0.25, -0.2) is 4.98 Å². The van der Waals surface area contributed by atoms with Crippen LogP contribution in [0.1, 0.15) is 12.5 Å². The molecule has 90 valence electrons. The van der Waals surface area contributed by atoms with Gasteiger partial charge in [-0.3, -0.25) is 5.10 Å². The molecule has 0 atom stereocenters. The molecular formula is C13H12N4S. The molecule has 0 bridgehead atoms. The maximum Gasteiger partial charge on any atom is 0.188 e. The summed E-state index contributed by atoms with van der Waals surface area (Å²) in [5.41, 5.74) is 3.16. The van der Waals surface area contributed by atoms with E-state index < -0.39 is 0 Å². The van der Waals surface area contributed by atoms with Crippen LogP contribution >= 0.6 is 11.3 Å². The van der Waals surface area contributed by atoms with Crippen LogP contribution in [0.5, 0.6) is 0 Å². The predicted molar refractivity (Wildman–Crippen MR) is 76.2 cm³/mol. The van der Waals surface area contributed by atoms with Crippen molar-refractivity contribution in [2.24, 2.45) is 0 Å². The van der Waals surface area contributed by atoms with Gasteiger partial charge in [0.2, 0.25) is 0 Å². The van der Waals surface area contributed by atoms with Crippen LogP contribution in [0.2, 0.25) is 0 Å². The van der Waals surface area contributed by atoms with E-state index >= 15 is 0 Å². The van der Waals surface area contributed by atoms with Crippen LogP contribution in [-0.2, 0) is 0 Å². The van der Waals surface area contributed by atoms with E-state index in [1.807, 2.05) is 24.4 Å². The largest absolute Gasteiger partial charge is 0.314 e. The fourth-order valence-corrected chi connectivity index (χ4v) is 2.29. The van der Waals surface area contributed by atoms with Gasteiger partial charge in [-0.1, -0.05) is 18.2 Å². The molecule has 5 heteroatoms. The minimum absolute atomic E-state index is 0.794. The number of aromatic nitrogens is 3. The molecule has 0 radical (unpaired) electrons. The molecule has 0 saturated heterocycles. The van der Waals surface area contributed by atoms with Gasteiger partial charge < -0.3 is 5.32 Å². The number of benzene rings is 1. The maximum atomic E-state index is 4.27. The first-order valence-electron chi connectivity index (χ1n) is 5.54. The summed E-state index contributed by atoms with van der Waals surface area (Å²) in [6, 6.07) is 6.13. The highest BCUT2D eigenvalue weighted by molar-refractivity contribution is 7.13. The number of fused-ring (bicyclic) bond motifs is 1. The topological polar surface area (TPSA) is 53.6 Å². The lowest BCUT2D eigenvalue weighted by Crippen LogP contribution is -1.89. The Balaban J connectivity index is 2.06. The van der Waals surface area contributed by atoms with Crippen molar-refractivity contribution in [1.29, 1.82) is 0 Å². The Labute approximate surface area is 108 Å². The third-order valence-corrected chi connectivity index (χ3v) is 3.40. The number of rotatable bonds is 3. The highest BCUT2D eigenvalue weighted by Crippen LogP contribution is 2.27. The number of nitrogens with zero attached hydrogens (tertiary/aromatic N) is 2. The first-order chi connectivity index (χ1) is 8.74. The van der Waals surface area contributed by atoms with Crippen molar-refractivity contribution in [3.05, 3.63) is 41.9 Å². The minimum Gasteiger partial charge on any atom is -0.314 e. The van der Waals surface area contributed by atoms with Gasteiger partial charge in [0.05, 0.1) is 5.52 Å². The maximum absolute atomic E-state index is 4.27. The van der Waals surface area contributed by atoms with Crippen molar-refractivity contribution in [1.82, 2.24) is 15.2 Å². The fraction of sp³-hybridized carbons (Fsp3) is 0.0769. The number of nitrogens with one attached hydrogen (secondary N) is 2. The summed E-state index contributed by atoms with van der Waals surface area (Å²) in [5, 5.41) is 14.3. The number of thiazole rings is 1. The summed E-state index contributed by atoms with van der Waals surface area (Å²) in [7, 11) is 0. The highest BCUT2D eigenvalue weighted by atomic mass is 32.1. The molecule has 2 heterocycles. The zero-order valence-corrected chi connectivity index (χ0v) is 10.7. The lowest BCUT2D eigenvalue weighted by Gasteiger charge is -2.01. The Hall–Kier alpha value is -2.14. The van der Waals surface area contributed by atoms with Crippen molar-refractivity contribution in [2.75, 3.05) is 5.32 Å². The van der Waals surface area contributed by atoms with E-state index in [1.54, 1.807) is 17.5 Å². The second-order valence-corrected chi connectivity index (χ2v) is 4.97. The van der Waals surface area contributed by atoms with Crippen LogP contribution in [0.3, 0.4) is 0 Å². The summed E-state index contributed by atoms with van der Waals surface area (Å²) in [4.78, 5) is 4.19. The molecular weight excluding hydrogens is 244 g/mol. The molecule has 0 aliphatic rings. The molecule has 0 unspecified atom stereocenters. The van der Waals surface area contributed by atoms with Crippen LogP contribution in [0.15, 0.2) is 36.4 Å². The Morgan fingerprint density at radius 1 is 1.44 bits per heavy atom. The van der Waals surface area contributed by atoms with Gasteiger partial charge in [0, 0.05) is 17.0 Å². The van der Waals surface area contributed by atoms with Gasteiger partial charge in [-0.05, 0) is 24.6 Å². The number of hydrogen-bond donors (Lipinski definition) is 2. The lowest BCUT2D eigenvalue weighted by atomic mass is 10.1. The Bertz CT molecular complexity index is 697. The summed E-state index contributed by atoms with van der Waals surface area (Å²) in [6.45, 7) is 5.96. The molecule has 0 fully saturated rings. The van der Waals surface area contributed by atoms with Gasteiger partial charge in [-0.15, -0.1) is 11.3 Å². The zero-order valence-electron chi connectivity index (χ0n) is 9.90. The summed E-state index contributed by atoms with van der Waals surface area (Å²) < 4.78 is 0. The number of aromatic amines is 1. The molecule has 3 rings (SSSR count). The monoisotopic (exact) mass is 256 g/mol. The van der Waals surface area contributed by atoms with E-state index in [0.717, 1.165) is 33.0 Å². The summed E-state index contributed by atoms with van der Waals surface area (Å²) in [6.07, 6.45) is 1.77.